The first-order valence-corrected chi connectivity index (χ1v) is 10.5. The normalized spacial score (nSPS) is 11.1. The van der Waals surface area contributed by atoms with E-state index < -0.39 is 0 Å². The van der Waals surface area contributed by atoms with Crippen molar-refractivity contribution < 1.29 is 9.53 Å². The lowest BCUT2D eigenvalue weighted by Gasteiger charge is -2.08. The van der Waals surface area contributed by atoms with Crippen molar-refractivity contribution in [2.75, 3.05) is 12.4 Å². The summed E-state index contributed by atoms with van der Waals surface area (Å²) in [4.78, 5) is 18.3. The van der Waals surface area contributed by atoms with Crippen LogP contribution in [0, 0.1) is 26.7 Å². The van der Waals surface area contributed by atoms with E-state index in [0.29, 0.717) is 17.5 Å². The minimum Gasteiger partial charge on any atom is -0.497 e. The van der Waals surface area contributed by atoms with Crippen LogP contribution >= 0.6 is 11.3 Å². The van der Waals surface area contributed by atoms with E-state index in [1.807, 2.05) is 49.7 Å². The van der Waals surface area contributed by atoms with Crippen LogP contribution in [0.1, 0.15) is 35.7 Å². The Kier molecular flexibility index (Phi) is 6.37. The predicted octanol–water partition coefficient (Wildman–Crippen LogP) is 4.78. The lowest BCUT2D eigenvalue weighted by molar-refractivity contribution is -0.115. The number of methoxy groups -OCH3 is 1. The molecule has 0 unspecified atom stereocenters. The summed E-state index contributed by atoms with van der Waals surface area (Å²) >= 11 is 1.48. The maximum Gasteiger partial charge on any atom is 0.230 e. The molecule has 3 rings (SSSR count). The number of amides is 1. The Bertz CT molecular complexity index is 1000. The first-order chi connectivity index (χ1) is 13.8. The van der Waals surface area contributed by atoms with E-state index in [4.69, 9.17) is 4.74 Å². The van der Waals surface area contributed by atoms with Crippen LogP contribution in [0.2, 0.25) is 0 Å². The number of carbonyl (C=O) groups is 1. The SMILES string of the molecule is COc1ccc(-c2nc(NC(=O)Cc3c(C)nn(CC(C)C)c3C)sc2C)cc1. The van der Waals surface area contributed by atoms with Gasteiger partial charge in [-0.3, -0.25) is 9.48 Å². The number of hydrogen-bond acceptors (Lipinski definition) is 5. The molecule has 29 heavy (non-hydrogen) atoms. The highest BCUT2D eigenvalue weighted by molar-refractivity contribution is 7.16. The third-order valence-electron chi connectivity index (χ3n) is 4.81. The van der Waals surface area contributed by atoms with Crippen molar-refractivity contribution in [3.8, 4) is 17.0 Å². The van der Waals surface area contributed by atoms with Crippen LogP contribution in [-0.2, 0) is 17.8 Å². The summed E-state index contributed by atoms with van der Waals surface area (Å²) in [6.45, 7) is 11.2. The summed E-state index contributed by atoms with van der Waals surface area (Å²) in [5.74, 6) is 1.23. The molecule has 0 saturated carbocycles. The van der Waals surface area contributed by atoms with Crippen molar-refractivity contribution >= 4 is 22.4 Å². The number of ether oxygens (including phenoxy) is 1. The van der Waals surface area contributed by atoms with Crippen molar-refractivity contribution in [2.24, 2.45) is 5.92 Å². The highest BCUT2D eigenvalue weighted by atomic mass is 32.1. The molecule has 0 atom stereocenters. The van der Waals surface area contributed by atoms with E-state index in [1.165, 1.54) is 11.3 Å². The zero-order valence-electron chi connectivity index (χ0n) is 17.9. The molecule has 1 amide bonds. The summed E-state index contributed by atoms with van der Waals surface area (Å²) in [6.07, 6.45) is 0.298. The number of aryl methyl sites for hydroxylation is 2. The molecule has 3 aromatic rings. The van der Waals surface area contributed by atoms with Crippen molar-refractivity contribution in [3.63, 3.8) is 0 Å². The maximum absolute atomic E-state index is 12.7. The van der Waals surface area contributed by atoms with Gasteiger partial charge in [-0.25, -0.2) is 4.98 Å². The Morgan fingerprint density at radius 1 is 1.21 bits per heavy atom. The third kappa shape index (κ3) is 4.85. The van der Waals surface area contributed by atoms with Gasteiger partial charge in [0.1, 0.15) is 5.75 Å². The second-order valence-corrected chi connectivity index (χ2v) is 8.81. The van der Waals surface area contributed by atoms with E-state index >= 15 is 0 Å². The number of benzene rings is 1. The van der Waals surface area contributed by atoms with E-state index in [9.17, 15) is 4.79 Å². The Balaban J connectivity index is 1.72. The number of nitrogens with one attached hydrogen (secondary N) is 1. The summed E-state index contributed by atoms with van der Waals surface area (Å²) in [5.41, 5.74) is 4.84. The summed E-state index contributed by atoms with van der Waals surface area (Å²) in [5, 5.41) is 8.17. The largest absolute Gasteiger partial charge is 0.497 e. The van der Waals surface area contributed by atoms with Crippen LogP contribution in [0.4, 0.5) is 5.13 Å². The first kappa shape index (κ1) is 21.0. The van der Waals surface area contributed by atoms with E-state index in [-0.39, 0.29) is 5.91 Å². The Morgan fingerprint density at radius 2 is 1.90 bits per heavy atom. The van der Waals surface area contributed by atoms with Gasteiger partial charge in [-0.15, -0.1) is 11.3 Å². The molecule has 0 bridgehead atoms. The number of hydrogen-bond donors (Lipinski definition) is 1. The van der Waals surface area contributed by atoms with Crippen LogP contribution in [0.3, 0.4) is 0 Å². The van der Waals surface area contributed by atoms with Gasteiger partial charge in [0, 0.05) is 28.2 Å². The number of thiazole rings is 1. The van der Waals surface area contributed by atoms with E-state index in [0.717, 1.165) is 45.4 Å². The predicted molar refractivity (Wildman–Crippen MR) is 118 cm³/mol. The van der Waals surface area contributed by atoms with Crippen LogP contribution in [0.25, 0.3) is 11.3 Å². The molecule has 154 valence electrons. The fraction of sp³-hybridized carbons (Fsp3) is 0.409. The van der Waals surface area contributed by atoms with Gasteiger partial charge in [-0.05, 0) is 51.0 Å². The summed E-state index contributed by atoms with van der Waals surface area (Å²) in [6, 6.07) is 7.77. The second-order valence-electron chi connectivity index (χ2n) is 7.60. The fourth-order valence-electron chi connectivity index (χ4n) is 3.30. The number of nitrogens with zero attached hydrogens (tertiary/aromatic N) is 3. The average Bonchev–Trinajstić information content (AvgIpc) is 3.15. The molecule has 1 aromatic carbocycles. The molecule has 0 spiro atoms. The monoisotopic (exact) mass is 412 g/mol. The Morgan fingerprint density at radius 3 is 2.52 bits per heavy atom. The molecule has 1 N–H and O–H groups in total. The van der Waals surface area contributed by atoms with Crippen molar-refractivity contribution in [1.29, 1.82) is 0 Å². The molecule has 0 aliphatic carbocycles. The van der Waals surface area contributed by atoms with Crippen LogP contribution < -0.4 is 10.1 Å². The fourth-order valence-corrected chi connectivity index (χ4v) is 4.16. The molecule has 7 heteroatoms. The van der Waals surface area contributed by atoms with Gasteiger partial charge in [0.25, 0.3) is 0 Å². The number of aromatic nitrogens is 3. The van der Waals surface area contributed by atoms with Gasteiger partial charge < -0.3 is 10.1 Å². The molecular formula is C22H28N4O2S. The molecule has 6 nitrogen and oxygen atoms in total. The van der Waals surface area contributed by atoms with Crippen LogP contribution in [-0.4, -0.2) is 27.8 Å². The Labute approximate surface area is 175 Å². The van der Waals surface area contributed by atoms with Crippen LogP contribution in [0.5, 0.6) is 5.75 Å². The van der Waals surface area contributed by atoms with Gasteiger partial charge in [0.15, 0.2) is 5.13 Å². The molecule has 0 saturated heterocycles. The topological polar surface area (TPSA) is 69.0 Å². The summed E-state index contributed by atoms with van der Waals surface area (Å²) in [7, 11) is 1.65. The number of rotatable bonds is 7. The van der Waals surface area contributed by atoms with Crippen LogP contribution in [0.15, 0.2) is 24.3 Å². The quantitative estimate of drug-likeness (QED) is 0.606. The first-order valence-electron chi connectivity index (χ1n) is 9.73. The average molecular weight is 413 g/mol. The van der Waals surface area contributed by atoms with E-state index in [2.05, 4.69) is 29.2 Å². The third-order valence-corrected chi connectivity index (χ3v) is 5.70. The zero-order valence-corrected chi connectivity index (χ0v) is 18.7. The smallest absolute Gasteiger partial charge is 0.230 e. The highest BCUT2D eigenvalue weighted by Crippen LogP contribution is 2.31. The highest BCUT2D eigenvalue weighted by Gasteiger charge is 2.17. The molecule has 0 aliphatic heterocycles. The molecule has 0 aliphatic rings. The Hall–Kier alpha value is -2.67. The second kappa shape index (κ2) is 8.78. The number of anilines is 1. The molecule has 2 aromatic heterocycles. The molecule has 2 heterocycles. The lowest BCUT2D eigenvalue weighted by atomic mass is 10.1. The number of carbonyl (C=O) groups excluding carboxylic acids is 1. The van der Waals surface area contributed by atoms with E-state index in [1.54, 1.807) is 7.11 Å². The minimum absolute atomic E-state index is 0.0738. The van der Waals surface area contributed by atoms with Crippen molar-refractivity contribution in [2.45, 2.75) is 47.6 Å². The van der Waals surface area contributed by atoms with Gasteiger partial charge >= 0.3 is 0 Å². The van der Waals surface area contributed by atoms with Gasteiger partial charge in [0.05, 0.1) is 24.9 Å². The van der Waals surface area contributed by atoms with Crippen molar-refractivity contribution in [1.82, 2.24) is 14.8 Å². The lowest BCUT2D eigenvalue weighted by Crippen LogP contribution is -2.15. The molecule has 0 fully saturated rings. The molecule has 0 radical (unpaired) electrons. The molecular weight excluding hydrogens is 384 g/mol. The van der Waals surface area contributed by atoms with Crippen molar-refractivity contribution in [3.05, 3.63) is 46.1 Å². The zero-order chi connectivity index (χ0) is 21.1. The van der Waals surface area contributed by atoms with Gasteiger partial charge in [-0.2, -0.15) is 5.10 Å². The van der Waals surface area contributed by atoms with Gasteiger partial charge in [0.2, 0.25) is 5.91 Å². The maximum atomic E-state index is 12.7. The summed E-state index contributed by atoms with van der Waals surface area (Å²) < 4.78 is 7.21. The standard InChI is InChI=1S/C22H28N4O2S/c1-13(2)12-26-15(4)19(14(3)25-26)11-20(27)23-22-24-21(16(5)29-22)17-7-9-18(28-6)10-8-17/h7-10,13H,11-12H2,1-6H3,(H,23,24,27). The van der Waals surface area contributed by atoms with Gasteiger partial charge in [-0.1, -0.05) is 13.8 Å². The minimum atomic E-state index is -0.0738.